The first kappa shape index (κ1) is 10.7. The number of rotatable bonds is 2. The Morgan fingerprint density at radius 2 is 2.12 bits per heavy atom. The van der Waals surface area contributed by atoms with Crippen molar-refractivity contribution in [1.29, 1.82) is 0 Å². The van der Waals surface area contributed by atoms with E-state index in [0.717, 1.165) is 36.9 Å². The van der Waals surface area contributed by atoms with Crippen LogP contribution in [0.1, 0.15) is 24.2 Å². The topological polar surface area (TPSA) is 42.2 Å². The molecule has 2 aromatic heterocycles. The smallest absolute Gasteiger partial charge is 0.160 e. The van der Waals surface area contributed by atoms with Gasteiger partial charge in [-0.3, -0.25) is 4.40 Å². The number of nitrogens with zero attached hydrogens (tertiary/aromatic N) is 3. The van der Waals surface area contributed by atoms with Crippen LogP contribution in [0.2, 0.25) is 0 Å². The maximum Gasteiger partial charge on any atom is 0.160 e. The van der Waals surface area contributed by atoms with Crippen molar-refractivity contribution < 1.29 is 0 Å². The van der Waals surface area contributed by atoms with E-state index in [1.807, 2.05) is 6.07 Å². The van der Waals surface area contributed by atoms with E-state index in [1.165, 1.54) is 18.4 Å². The molecular formula is C13H18N4. The predicted molar refractivity (Wildman–Crippen MR) is 67.0 cm³/mol. The summed E-state index contributed by atoms with van der Waals surface area (Å²) in [4.78, 5) is 0. The first-order valence-corrected chi connectivity index (χ1v) is 6.34. The van der Waals surface area contributed by atoms with Gasteiger partial charge in [-0.25, -0.2) is 0 Å². The third kappa shape index (κ3) is 2.17. The first-order chi connectivity index (χ1) is 8.33. The van der Waals surface area contributed by atoms with Gasteiger partial charge < -0.3 is 5.32 Å². The molecule has 90 valence electrons. The van der Waals surface area contributed by atoms with Gasteiger partial charge in [-0.1, -0.05) is 6.07 Å². The summed E-state index contributed by atoms with van der Waals surface area (Å²) in [5.74, 6) is 1.86. The minimum Gasteiger partial charge on any atom is -0.317 e. The van der Waals surface area contributed by atoms with Gasteiger partial charge in [0.25, 0.3) is 0 Å². The van der Waals surface area contributed by atoms with Gasteiger partial charge in [0.1, 0.15) is 5.82 Å². The molecule has 0 bridgehead atoms. The second-order valence-corrected chi connectivity index (χ2v) is 4.95. The van der Waals surface area contributed by atoms with Gasteiger partial charge in [0.2, 0.25) is 0 Å². The SMILES string of the molecule is Cc1ccc2nnc(CC3CCNCC3)n2c1. The molecule has 1 saturated heterocycles. The lowest BCUT2D eigenvalue weighted by atomic mass is 9.94. The number of hydrogen-bond donors (Lipinski definition) is 1. The van der Waals surface area contributed by atoms with Crippen LogP contribution in [0.5, 0.6) is 0 Å². The molecule has 0 atom stereocenters. The van der Waals surface area contributed by atoms with Crippen LogP contribution >= 0.6 is 0 Å². The van der Waals surface area contributed by atoms with E-state index < -0.39 is 0 Å². The van der Waals surface area contributed by atoms with Crippen molar-refractivity contribution in [2.75, 3.05) is 13.1 Å². The molecule has 0 aromatic carbocycles. The Morgan fingerprint density at radius 1 is 1.29 bits per heavy atom. The molecule has 1 fully saturated rings. The molecule has 3 rings (SSSR count). The van der Waals surface area contributed by atoms with Crippen molar-refractivity contribution in [3.05, 3.63) is 29.7 Å². The Hall–Kier alpha value is -1.42. The molecule has 0 saturated carbocycles. The summed E-state index contributed by atoms with van der Waals surface area (Å²) in [5.41, 5.74) is 2.21. The van der Waals surface area contributed by atoms with Crippen molar-refractivity contribution >= 4 is 5.65 Å². The lowest BCUT2D eigenvalue weighted by molar-refractivity contribution is 0.366. The highest BCUT2D eigenvalue weighted by Gasteiger charge is 2.16. The third-order valence-corrected chi connectivity index (χ3v) is 3.55. The van der Waals surface area contributed by atoms with Crippen LogP contribution in [0.3, 0.4) is 0 Å². The van der Waals surface area contributed by atoms with E-state index >= 15 is 0 Å². The molecule has 4 heteroatoms. The summed E-state index contributed by atoms with van der Waals surface area (Å²) >= 11 is 0. The van der Waals surface area contributed by atoms with Gasteiger partial charge in [-0.05, 0) is 50.4 Å². The summed E-state index contributed by atoms with van der Waals surface area (Å²) in [6.07, 6.45) is 5.68. The molecule has 17 heavy (non-hydrogen) atoms. The van der Waals surface area contributed by atoms with Gasteiger partial charge in [-0.15, -0.1) is 10.2 Å². The fraction of sp³-hybridized carbons (Fsp3) is 0.538. The molecule has 0 aliphatic carbocycles. The van der Waals surface area contributed by atoms with E-state index in [-0.39, 0.29) is 0 Å². The molecule has 1 aliphatic heterocycles. The molecule has 4 nitrogen and oxygen atoms in total. The standard InChI is InChI=1S/C13H18N4/c1-10-2-3-12-15-16-13(17(12)9-10)8-11-4-6-14-7-5-11/h2-3,9,11,14H,4-8H2,1H3. The number of piperidine rings is 1. The van der Waals surface area contributed by atoms with Crippen molar-refractivity contribution in [2.45, 2.75) is 26.2 Å². The van der Waals surface area contributed by atoms with Crippen LogP contribution < -0.4 is 5.32 Å². The van der Waals surface area contributed by atoms with E-state index in [9.17, 15) is 0 Å². The quantitative estimate of drug-likeness (QED) is 0.851. The van der Waals surface area contributed by atoms with Crippen LogP contribution in [-0.4, -0.2) is 27.7 Å². The molecule has 2 aromatic rings. The van der Waals surface area contributed by atoms with Gasteiger partial charge >= 0.3 is 0 Å². The van der Waals surface area contributed by atoms with Crippen LogP contribution in [0.15, 0.2) is 18.3 Å². The minimum absolute atomic E-state index is 0.754. The molecule has 0 amide bonds. The summed E-state index contributed by atoms with van der Waals surface area (Å²) in [7, 11) is 0. The van der Waals surface area contributed by atoms with Crippen LogP contribution in [0.25, 0.3) is 5.65 Å². The highest BCUT2D eigenvalue weighted by atomic mass is 15.2. The van der Waals surface area contributed by atoms with Crippen molar-refractivity contribution in [2.24, 2.45) is 5.92 Å². The Labute approximate surface area is 101 Å². The Bertz CT molecular complexity index is 511. The highest BCUT2D eigenvalue weighted by Crippen LogP contribution is 2.17. The highest BCUT2D eigenvalue weighted by molar-refractivity contribution is 5.39. The number of nitrogens with one attached hydrogen (secondary N) is 1. The lowest BCUT2D eigenvalue weighted by Crippen LogP contribution is -2.29. The average molecular weight is 230 g/mol. The fourth-order valence-corrected chi connectivity index (χ4v) is 2.53. The van der Waals surface area contributed by atoms with E-state index in [0.29, 0.717) is 0 Å². The van der Waals surface area contributed by atoms with Gasteiger partial charge in [0.05, 0.1) is 0 Å². The second-order valence-electron chi connectivity index (χ2n) is 4.95. The molecule has 1 N–H and O–H groups in total. The largest absolute Gasteiger partial charge is 0.317 e. The Morgan fingerprint density at radius 3 is 2.94 bits per heavy atom. The monoisotopic (exact) mass is 230 g/mol. The third-order valence-electron chi connectivity index (χ3n) is 3.55. The fourth-order valence-electron chi connectivity index (χ4n) is 2.53. The van der Waals surface area contributed by atoms with E-state index in [4.69, 9.17) is 0 Å². The Balaban J connectivity index is 1.86. The summed E-state index contributed by atoms with van der Waals surface area (Å²) in [6, 6.07) is 4.12. The Kier molecular flexibility index (Phi) is 2.81. The maximum absolute atomic E-state index is 4.32. The van der Waals surface area contributed by atoms with Gasteiger partial charge in [0.15, 0.2) is 5.65 Å². The molecule has 0 unspecified atom stereocenters. The van der Waals surface area contributed by atoms with Gasteiger partial charge in [-0.2, -0.15) is 0 Å². The normalized spacial score (nSPS) is 17.7. The lowest BCUT2D eigenvalue weighted by Gasteiger charge is -2.21. The molecule has 0 spiro atoms. The second kappa shape index (κ2) is 4.45. The van der Waals surface area contributed by atoms with Crippen LogP contribution in [0, 0.1) is 12.8 Å². The average Bonchev–Trinajstić information content (AvgIpc) is 2.73. The zero-order chi connectivity index (χ0) is 11.7. The van der Waals surface area contributed by atoms with Gasteiger partial charge in [0, 0.05) is 12.6 Å². The van der Waals surface area contributed by atoms with Crippen molar-refractivity contribution in [3.63, 3.8) is 0 Å². The maximum atomic E-state index is 4.32. The van der Waals surface area contributed by atoms with Crippen LogP contribution in [-0.2, 0) is 6.42 Å². The van der Waals surface area contributed by atoms with Crippen LogP contribution in [0.4, 0.5) is 0 Å². The predicted octanol–water partition coefficient (Wildman–Crippen LogP) is 1.58. The number of pyridine rings is 1. The zero-order valence-electron chi connectivity index (χ0n) is 10.2. The number of aryl methyl sites for hydroxylation is 1. The number of hydrogen-bond acceptors (Lipinski definition) is 3. The summed E-state index contributed by atoms with van der Waals surface area (Å²) in [6.45, 7) is 4.38. The number of fused-ring (bicyclic) bond motifs is 1. The minimum atomic E-state index is 0.754. The zero-order valence-corrected chi connectivity index (χ0v) is 10.2. The number of aromatic nitrogens is 3. The van der Waals surface area contributed by atoms with E-state index in [2.05, 4.69) is 39.1 Å². The van der Waals surface area contributed by atoms with E-state index in [1.54, 1.807) is 0 Å². The summed E-state index contributed by atoms with van der Waals surface area (Å²) in [5, 5.41) is 11.9. The van der Waals surface area contributed by atoms with Crippen molar-refractivity contribution in [1.82, 2.24) is 19.9 Å². The molecule has 1 aliphatic rings. The molecule has 3 heterocycles. The molecule has 0 radical (unpaired) electrons. The molecular weight excluding hydrogens is 212 g/mol. The van der Waals surface area contributed by atoms with Crippen molar-refractivity contribution in [3.8, 4) is 0 Å². The first-order valence-electron chi connectivity index (χ1n) is 6.34. The summed E-state index contributed by atoms with van der Waals surface area (Å²) < 4.78 is 2.14.